The van der Waals surface area contributed by atoms with Crippen LogP contribution in [0.25, 0.3) is 21.9 Å². The van der Waals surface area contributed by atoms with Crippen molar-refractivity contribution in [1.82, 2.24) is 0 Å². The van der Waals surface area contributed by atoms with Gasteiger partial charge in [-0.1, -0.05) is 30.3 Å². The van der Waals surface area contributed by atoms with Crippen LogP contribution in [-0.2, 0) is 4.74 Å². The van der Waals surface area contributed by atoms with Crippen LogP contribution < -0.4 is 4.74 Å². The Morgan fingerprint density at radius 1 is 1.04 bits per heavy atom. The Morgan fingerprint density at radius 3 is 2.52 bits per heavy atom. The summed E-state index contributed by atoms with van der Waals surface area (Å²) in [5.41, 5.74) is 0.530. The molecular formula is C19H13F3O3. The molecule has 0 fully saturated rings. The van der Waals surface area contributed by atoms with Gasteiger partial charge in [0.2, 0.25) is 0 Å². The maximum absolute atomic E-state index is 14.4. The molecule has 0 aliphatic heterocycles. The Balaban J connectivity index is 2.27. The van der Waals surface area contributed by atoms with Crippen molar-refractivity contribution in [1.29, 1.82) is 0 Å². The molecule has 0 unspecified atom stereocenters. The van der Waals surface area contributed by atoms with E-state index < -0.39 is 18.4 Å². The molecule has 25 heavy (non-hydrogen) atoms. The van der Waals surface area contributed by atoms with Gasteiger partial charge in [0.25, 0.3) is 0 Å². The van der Waals surface area contributed by atoms with Crippen molar-refractivity contribution < 1.29 is 27.4 Å². The second kappa shape index (κ2) is 6.84. The summed E-state index contributed by atoms with van der Waals surface area (Å²) in [7, 11) is 1.25. The predicted octanol–water partition coefficient (Wildman–Crippen LogP) is 5.03. The van der Waals surface area contributed by atoms with Crippen LogP contribution in [0.3, 0.4) is 0 Å². The number of fused-ring (bicyclic) bond motifs is 1. The van der Waals surface area contributed by atoms with Gasteiger partial charge in [0.05, 0.1) is 18.2 Å². The third kappa shape index (κ3) is 3.28. The third-order valence-corrected chi connectivity index (χ3v) is 3.76. The van der Waals surface area contributed by atoms with Crippen LogP contribution in [0.1, 0.15) is 10.4 Å². The van der Waals surface area contributed by atoms with E-state index in [1.807, 2.05) is 0 Å². The van der Waals surface area contributed by atoms with E-state index in [0.29, 0.717) is 10.9 Å². The zero-order chi connectivity index (χ0) is 18.0. The van der Waals surface area contributed by atoms with Gasteiger partial charge in [-0.2, -0.15) is 8.78 Å². The lowest BCUT2D eigenvalue weighted by Gasteiger charge is -2.14. The van der Waals surface area contributed by atoms with Crippen LogP contribution in [0.5, 0.6) is 5.75 Å². The molecule has 128 valence electrons. The van der Waals surface area contributed by atoms with Crippen LogP contribution in [0.4, 0.5) is 13.2 Å². The second-order valence-corrected chi connectivity index (χ2v) is 5.22. The van der Waals surface area contributed by atoms with Gasteiger partial charge in [-0.05, 0) is 40.6 Å². The number of hydrogen-bond donors (Lipinski definition) is 0. The van der Waals surface area contributed by atoms with E-state index >= 15 is 0 Å². The minimum Gasteiger partial charge on any atom is -0.465 e. The highest BCUT2D eigenvalue weighted by Crippen LogP contribution is 2.38. The Labute approximate surface area is 141 Å². The van der Waals surface area contributed by atoms with E-state index in [-0.39, 0.29) is 16.9 Å². The molecule has 0 spiro atoms. The molecule has 0 saturated carbocycles. The summed E-state index contributed by atoms with van der Waals surface area (Å²) in [5.74, 6) is -1.52. The average molecular weight is 346 g/mol. The number of carbonyl (C=O) groups is 1. The van der Waals surface area contributed by atoms with Crippen LogP contribution in [0, 0.1) is 5.82 Å². The molecule has 0 saturated heterocycles. The van der Waals surface area contributed by atoms with Crippen molar-refractivity contribution in [3.8, 4) is 16.9 Å². The topological polar surface area (TPSA) is 35.5 Å². The number of methoxy groups -OCH3 is 1. The fourth-order valence-electron chi connectivity index (χ4n) is 2.70. The maximum Gasteiger partial charge on any atom is 0.387 e. The van der Waals surface area contributed by atoms with Crippen molar-refractivity contribution in [2.24, 2.45) is 0 Å². The van der Waals surface area contributed by atoms with Crippen molar-refractivity contribution >= 4 is 16.7 Å². The average Bonchev–Trinajstić information content (AvgIpc) is 2.60. The molecule has 0 radical (unpaired) electrons. The minimum atomic E-state index is -3.08. The van der Waals surface area contributed by atoms with E-state index in [0.717, 1.165) is 11.5 Å². The Hall–Kier alpha value is -3.02. The first kappa shape index (κ1) is 16.8. The molecule has 3 aromatic carbocycles. The summed E-state index contributed by atoms with van der Waals surface area (Å²) in [6.45, 7) is -3.08. The molecule has 3 nitrogen and oxygen atoms in total. The number of hydrogen-bond acceptors (Lipinski definition) is 3. The number of esters is 1. The standard InChI is InChI=1S/C19H13F3O3/c1-24-18(23)12-9-8-11-4-2-5-13(14(11)10-12)17-15(20)6-3-7-16(17)25-19(21)22/h2-10,19H,1H3. The van der Waals surface area contributed by atoms with E-state index in [9.17, 15) is 18.0 Å². The van der Waals surface area contributed by atoms with Crippen LogP contribution in [0.15, 0.2) is 54.6 Å². The smallest absolute Gasteiger partial charge is 0.387 e. The number of carbonyl (C=O) groups excluding carboxylic acids is 1. The molecular weight excluding hydrogens is 333 g/mol. The number of halogens is 3. The Bertz CT molecular complexity index is 938. The number of benzene rings is 3. The molecule has 0 N–H and O–H groups in total. The first-order valence-electron chi connectivity index (χ1n) is 7.36. The van der Waals surface area contributed by atoms with E-state index in [4.69, 9.17) is 4.74 Å². The quantitative estimate of drug-likeness (QED) is 0.621. The van der Waals surface area contributed by atoms with Gasteiger partial charge in [0, 0.05) is 0 Å². The SMILES string of the molecule is COC(=O)c1ccc2cccc(-c3c(F)cccc3OC(F)F)c2c1. The van der Waals surface area contributed by atoms with Gasteiger partial charge < -0.3 is 9.47 Å². The van der Waals surface area contributed by atoms with E-state index in [2.05, 4.69) is 4.74 Å². The van der Waals surface area contributed by atoms with Gasteiger partial charge in [0.15, 0.2) is 0 Å². The van der Waals surface area contributed by atoms with Gasteiger partial charge in [-0.15, -0.1) is 0 Å². The summed E-state index contributed by atoms with van der Waals surface area (Å²) in [4.78, 5) is 11.8. The predicted molar refractivity (Wildman–Crippen MR) is 87.3 cm³/mol. The van der Waals surface area contributed by atoms with Crippen molar-refractivity contribution in [2.45, 2.75) is 6.61 Å². The normalized spacial score (nSPS) is 10.9. The van der Waals surface area contributed by atoms with Gasteiger partial charge in [-0.3, -0.25) is 0 Å². The van der Waals surface area contributed by atoms with Crippen LogP contribution in [-0.4, -0.2) is 19.7 Å². The van der Waals surface area contributed by atoms with Gasteiger partial charge in [-0.25, -0.2) is 9.18 Å². The summed E-state index contributed by atoms with van der Waals surface area (Å²) in [6.07, 6.45) is 0. The molecule has 0 bridgehead atoms. The fraction of sp³-hybridized carbons (Fsp3) is 0.105. The molecule has 0 heterocycles. The number of rotatable bonds is 4. The molecule has 0 aromatic heterocycles. The number of ether oxygens (including phenoxy) is 2. The van der Waals surface area contributed by atoms with Crippen LogP contribution in [0.2, 0.25) is 0 Å². The van der Waals surface area contributed by atoms with Gasteiger partial charge in [0.1, 0.15) is 11.6 Å². The number of alkyl halides is 2. The summed E-state index contributed by atoms with van der Waals surface area (Å²) in [6, 6.07) is 13.6. The highest BCUT2D eigenvalue weighted by Gasteiger charge is 2.18. The first-order chi connectivity index (χ1) is 12.0. The molecule has 3 aromatic rings. The largest absolute Gasteiger partial charge is 0.465 e. The highest BCUT2D eigenvalue weighted by molar-refractivity contribution is 6.02. The molecule has 0 aliphatic carbocycles. The van der Waals surface area contributed by atoms with Crippen molar-refractivity contribution in [3.05, 3.63) is 66.0 Å². The molecule has 0 aliphatic rings. The lowest BCUT2D eigenvalue weighted by molar-refractivity contribution is -0.0495. The first-order valence-corrected chi connectivity index (χ1v) is 7.36. The minimum absolute atomic E-state index is 0.0876. The lowest BCUT2D eigenvalue weighted by atomic mass is 9.95. The molecule has 3 rings (SSSR count). The van der Waals surface area contributed by atoms with Gasteiger partial charge >= 0.3 is 12.6 Å². The van der Waals surface area contributed by atoms with Crippen LogP contribution >= 0.6 is 0 Å². The zero-order valence-corrected chi connectivity index (χ0v) is 13.1. The fourth-order valence-corrected chi connectivity index (χ4v) is 2.70. The lowest BCUT2D eigenvalue weighted by Crippen LogP contribution is -2.04. The monoisotopic (exact) mass is 346 g/mol. The van der Waals surface area contributed by atoms with E-state index in [1.165, 1.54) is 25.3 Å². The van der Waals surface area contributed by atoms with Crippen molar-refractivity contribution in [2.75, 3.05) is 7.11 Å². The zero-order valence-electron chi connectivity index (χ0n) is 13.1. The molecule has 6 heteroatoms. The third-order valence-electron chi connectivity index (χ3n) is 3.76. The highest BCUT2D eigenvalue weighted by atomic mass is 19.3. The second-order valence-electron chi connectivity index (χ2n) is 5.22. The molecule has 0 atom stereocenters. The Morgan fingerprint density at radius 2 is 1.80 bits per heavy atom. The van der Waals surface area contributed by atoms with E-state index in [1.54, 1.807) is 30.3 Å². The Kier molecular flexibility index (Phi) is 4.61. The van der Waals surface area contributed by atoms with Crippen molar-refractivity contribution in [3.63, 3.8) is 0 Å². The summed E-state index contributed by atoms with van der Waals surface area (Å²) >= 11 is 0. The maximum atomic E-state index is 14.4. The summed E-state index contributed by atoms with van der Waals surface area (Å²) < 4.78 is 48.9. The molecule has 0 amide bonds. The summed E-state index contributed by atoms with van der Waals surface area (Å²) in [5, 5.41) is 1.24.